The lowest BCUT2D eigenvalue weighted by Crippen LogP contribution is -2.01. The minimum atomic E-state index is 0.628. The minimum Gasteiger partial charge on any atom is -0.495 e. The molecule has 0 heterocycles. The molecule has 1 rings (SSSR count). The van der Waals surface area contributed by atoms with Crippen LogP contribution in [0.4, 0.5) is 5.69 Å². The summed E-state index contributed by atoms with van der Waals surface area (Å²) >= 11 is 5.91. The van der Waals surface area contributed by atoms with Gasteiger partial charge in [-0.3, -0.25) is 0 Å². The fourth-order valence-corrected chi connectivity index (χ4v) is 1.38. The number of ether oxygens (including phenoxy) is 1. The average molecular weight is 226 g/mol. The highest BCUT2D eigenvalue weighted by Gasteiger charge is 2.00. The van der Waals surface area contributed by atoms with Gasteiger partial charge in [0.15, 0.2) is 0 Å². The Labute approximate surface area is 95.9 Å². The van der Waals surface area contributed by atoms with Crippen LogP contribution in [0.5, 0.6) is 5.75 Å². The molecule has 0 amide bonds. The summed E-state index contributed by atoms with van der Waals surface area (Å²) < 4.78 is 5.12. The Morgan fingerprint density at radius 2 is 2.27 bits per heavy atom. The first kappa shape index (κ1) is 11.9. The number of nitrogens with one attached hydrogen (secondary N) is 1. The van der Waals surface area contributed by atoms with Crippen LogP contribution in [-0.4, -0.2) is 13.7 Å². The number of rotatable bonds is 5. The molecule has 1 aromatic carbocycles. The summed E-state index contributed by atoms with van der Waals surface area (Å²) in [6, 6.07) is 5.65. The SMILES string of the molecule is C=C(C)CCNc1ccc(Cl)c(OC)c1. The van der Waals surface area contributed by atoms with Crippen molar-refractivity contribution in [2.75, 3.05) is 19.0 Å². The molecule has 15 heavy (non-hydrogen) atoms. The van der Waals surface area contributed by atoms with Crippen molar-refractivity contribution < 1.29 is 4.74 Å². The van der Waals surface area contributed by atoms with E-state index in [1.165, 1.54) is 5.57 Å². The molecule has 0 fully saturated rings. The summed E-state index contributed by atoms with van der Waals surface area (Å²) in [7, 11) is 1.61. The monoisotopic (exact) mass is 225 g/mol. The maximum atomic E-state index is 5.91. The van der Waals surface area contributed by atoms with Gasteiger partial charge in [-0.15, -0.1) is 6.58 Å². The van der Waals surface area contributed by atoms with Crippen LogP contribution in [0.25, 0.3) is 0 Å². The third kappa shape index (κ3) is 3.84. The average Bonchev–Trinajstić information content (AvgIpc) is 2.20. The minimum absolute atomic E-state index is 0.628. The molecule has 0 spiro atoms. The number of methoxy groups -OCH3 is 1. The van der Waals surface area contributed by atoms with Crippen LogP contribution in [-0.2, 0) is 0 Å². The van der Waals surface area contributed by atoms with Gasteiger partial charge in [-0.05, 0) is 25.5 Å². The number of halogens is 1. The number of benzene rings is 1. The van der Waals surface area contributed by atoms with E-state index in [-0.39, 0.29) is 0 Å². The maximum Gasteiger partial charge on any atom is 0.139 e. The molecule has 0 aliphatic heterocycles. The second-order valence-electron chi connectivity index (χ2n) is 3.48. The van der Waals surface area contributed by atoms with Gasteiger partial charge in [0.25, 0.3) is 0 Å². The molecule has 0 unspecified atom stereocenters. The molecule has 1 aromatic rings. The van der Waals surface area contributed by atoms with E-state index in [1.807, 2.05) is 25.1 Å². The van der Waals surface area contributed by atoms with Crippen LogP contribution in [0.2, 0.25) is 5.02 Å². The molecule has 0 atom stereocenters. The van der Waals surface area contributed by atoms with Crippen LogP contribution in [0, 0.1) is 0 Å². The zero-order valence-corrected chi connectivity index (χ0v) is 9.90. The van der Waals surface area contributed by atoms with E-state index in [1.54, 1.807) is 7.11 Å². The fraction of sp³-hybridized carbons (Fsp3) is 0.333. The molecule has 0 aliphatic carbocycles. The van der Waals surface area contributed by atoms with Gasteiger partial charge in [-0.2, -0.15) is 0 Å². The topological polar surface area (TPSA) is 21.3 Å². The zero-order chi connectivity index (χ0) is 11.3. The first-order valence-electron chi connectivity index (χ1n) is 4.85. The van der Waals surface area contributed by atoms with Gasteiger partial charge in [0.2, 0.25) is 0 Å². The lowest BCUT2D eigenvalue weighted by atomic mass is 10.2. The first-order valence-corrected chi connectivity index (χ1v) is 5.23. The standard InChI is InChI=1S/C12H16ClNO/c1-9(2)6-7-14-10-4-5-11(13)12(8-10)15-3/h4-5,8,14H,1,6-7H2,2-3H3. The van der Waals surface area contributed by atoms with E-state index in [9.17, 15) is 0 Å². The third-order valence-corrected chi connectivity index (χ3v) is 2.34. The van der Waals surface area contributed by atoms with Crippen LogP contribution >= 0.6 is 11.6 Å². The van der Waals surface area contributed by atoms with Crippen molar-refractivity contribution in [1.82, 2.24) is 0 Å². The van der Waals surface area contributed by atoms with Gasteiger partial charge in [0.1, 0.15) is 5.75 Å². The molecule has 3 heteroatoms. The molecule has 0 saturated heterocycles. The molecule has 0 aliphatic rings. The molecular weight excluding hydrogens is 210 g/mol. The Balaban J connectivity index is 2.58. The van der Waals surface area contributed by atoms with Crippen molar-refractivity contribution in [2.45, 2.75) is 13.3 Å². The Bertz CT molecular complexity index is 349. The summed E-state index contributed by atoms with van der Waals surface area (Å²) in [5, 5.41) is 3.91. The van der Waals surface area contributed by atoms with Crippen molar-refractivity contribution in [1.29, 1.82) is 0 Å². The summed E-state index contributed by atoms with van der Waals surface area (Å²) in [6.45, 7) is 6.74. The van der Waals surface area contributed by atoms with E-state index in [0.29, 0.717) is 10.8 Å². The smallest absolute Gasteiger partial charge is 0.139 e. The molecule has 1 N–H and O–H groups in total. The van der Waals surface area contributed by atoms with Gasteiger partial charge in [-0.1, -0.05) is 17.2 Å². The lowest BCUT2D eigenvalue weighted by molar-refractivity contribution is 0.415. The third-order valence-electron chi connectivity index (χ3n) is 2.03. The maximum absolute atomic E-state index is 5.91. The van der Waals surface area contributed by atoms with Crippen LogP contribution in [0.1, 0.15) is 13.3 Å². The van der Waals surface area contributed by atoms with E-state index < -0.39 is 0 Å². The molecule has 82 valence electrons. The summed E-state index contributed by atoms with van der Waals surface area (Å²) in [5.74, 6) is 0.692. The second kappa shape index (κ2) is 5.66. The van der Waals surface area contributed by atoms with Crippen molar-refractivity contribution in [3.63, 3.8) is 0 Å². The molecule has 0 saturated carbocycles. The predicted molar refractivity (Wildman–Crippen MR) is 65.9 cm³/mol. The Morgan fingerprint density at radius 3 is 2.87 bits per heavy atom. The second-order valence-corrected chi connectivity index (χ2v) is 3.89. The van der Waals surface area contributed by atoms with E-state index in [2.05, 4.69) is 11.9 Å². The van der Waals surface area contributed by atoms with Crippen molar-refractivity contribution in [3.8, 4) is 5.75 Å². The van der Waals surface area contributed by atoms with Crippen molar-refractivity contribution in [2.24, 2.45) is 0 Å². The van der Waals surface area contributed by atoms with E-state index >= 15 is 0 Å². The molecular formula is C12H16ClNO. The number of hydrogen-bond donors (Lipinski definition) is 1. The highest BCUT2D eigenvalue weighted by atomic mass is 35.5. The summed E-state index contributed by atoms with van der Waals surface area (Å²) in [4.78, 5) is 0. The number of anilines is 1. The summed E-state index contributed by atoms with van der Waals surface area (Å²) in [5.41, 5.74) is 2.18. The highest BCUT2D eigenvalue weighted by molar-refractivity contribution is 6.32. The van der Waals surface area contributed by atoms with Crippen molar-refractivity contribution >= 4 is 17.3 Å². The predicted octanol–water partition coefficient (Wildman–Crippen LogP) is 3.73. The normalized spacial score (nSPS) is 9.80. The highest BCUT2D eigenvalue weighted by Crippen LogP contribution is 2.27. The molecule has 0 bridgehead atoms. The fourth-order valence-electron chi connectivity index (χ4n) is 1.19. The van der Waals surface area contributed by atoms with Gasteiger partial charge in [-0.25, -0.2) is 0 Å². The molecule has 0 aromatic heterocycles. The largest absolute Gasteiger partial charge is 0.495 e. The van der Waals surface area contributed by atoms with Crippen molar-refractivity contribution in [3.05, 3.63) is 35.4 Å². The van der Waals surface area contributed by atoms with Crippen LogP contribution < -0.4 is 10.1 Å². The van der Waals surface area contributed by atoms with E-state index in [0.717, 1.165) is 18.7 Å². The van der Waals surface area contributed by atoms with Gasteiger partial charge < -0.3 is 10.1 Å². The Kier molecular flexibility index (Phi) is 4.50. The van der Waals surface area contributed by atoms with E-state index in [4.69, 9.17) is 16.3 Å². The van der Waals surface area contributed by atoms with Gasteiger partial charge in [0, 0.05) is 18.3 Å². The molecule has 2 nitrogen and oxygen atoms in total. The Hall–Kier alpha value is -1.15. The van der Waals surface area contributed by atoms with Crippen LogP contribution in [0.3, 0.4) is 0 Å². The molecule has 0 radical (unpaired) electrons. The van der Waals surface area contributed by atoms with Gasteiger partial charge >= 0.3 is 0 Å². The quantitative estimate of drug-likeness (QED) is 0.772. The van der Waals surface area contributed by atoms with Gasteiger partial charge in [0.05, 0.1) is 12.1 Å². The summed E-state index contributed by atoms with van der Waals surface area (Å²) in [6.07, 6.45) is 0.963. The van der Waals surface area contributed by atoms with Crippen LogP contribution in [0.15, 0.2) is 30.4 Å². The lowest BCUT2D eigenvalue weighted by Gasteiger charge is -2.09. The first-order chi connectivity index (χ1) is 7.13. The Morgan fingerprint density at radius 1 is 1.53 bits per heavy atom. The zero-order valence-electron chi connectivity index (χ0n) is 9.14. The number of hydrogen-bond acceptors (Lipinski definition) is 2.